The number of para-hydroxylation sites is 1. The summed E-state index contributed by atoms with van der Waals surface area (Å²) in [5.41, 5.74) is 4.49. The van der Waals surface area contributed by atoms with Crippen LogP contribution in [0.3, 0.4) is 0 Å². The van der Waals surface area contributed by atoms with Crippen molar-refractivity contribution in [3.63, 3.8) is 0 Å². The summed E-state index contributed by atoms with van der Waals surface area (Å²) >= 11 is 1.31. The van der Waals surface area contributed by atoms with Gasteiger partial charge < -0.3 is 23.7 Å². The number of hydrogen-bond donors (Lipinski definition) is 1. The Balaban J connectivity index is 1.35. The van der Waals surface area contributed by atoms with Crippen molar-refractivity contribution in [3.05, 3.63) is 124 Å². The number of nitrogens with zero attached hydrogens (tertiary/aromatic N) is 2. The average molecular weight is 647 g/mol. The predicted molar refractivity (Wildman–Crippen MR) is 180 cm³/mol. The molecule has 0 radical (unpaired) electrons. The van der Waals surface area contributed by atoms with Crippen LogP contribution in [0.1, 0.15) is 38.9 Å². The summed E-state index contributed by atoms with van der Waals surface area (Å²) in [7, 11) is 3.03. The van der Waals surface area contributed by atoms with E-state index in [0.29, 0.717) is 45.5 Å². The Kier molecular flexibility index (Phi) is 7.65. The number of thiazole rings is 1. The Hall–Kier alpha value is -5.61. The van der Waals surface area contributed by atoms with E-state index in [9.17, 15) is 14.7 Å². The maximum atomic E-state index is 14.3. The van der Waals surface area contributed by atoms with Crippen LogP contribution in [-0.4, -0.2) is 36.0 Å². The van der Waals surface area contributed by atoms with Gasteiger partial charge in [0.1, 0.15) is 6.61 Å². The van der Waals surface area contributed by atoms with Crippen molar-refractivity contribution in [2.75, 3.05) is 19.1 Å². The normalized spacial score (nSPS) is 14.8. The molecule has 3 heterocycles. The third-order valence-corrected chi connectivity index (χ3v) is 9.17. The summed E-state index contributed by atoms with van der Waals surface area (Å²) in [5.74, 6) is -0.779. The van der Waals surface area contributed by atoms with E-state index >= 15 is 0 Å². The van der Waals surface area contributed by atoms with Gasteiger partial charge in [-0.15, -0.1) is 0 Å². The molecular weight excluding hydrogens is 616 g/mol. The molecular formula is C37H30N2O7S. The van der Waals surface area contributed by atoms with E-state index < -0.39 is 23.5 Å². The molecule has 1 unspecified atom stereocenters. The molecule has 0 saturated carbocycles. The number of Topliss-reactive ketones (excluding diaryl/α,β-unsaturated/α-hetero) is 1. The lowest BCUT2D eigenvalue weighted by Crippen LogP contribution is -2.31. The number of anilines is 1. The summed E-state index contributed by atoms with van der Waals surface area (Å²) in [6, 6.07) is 24.8. The molecule has 0 fully saturated rings. The number of ether oxygens (including phenoxy) is 3. The van der Waals surface area contributed by atoms with Crippen LogP contribution in [0.2, 0.25) is 0 Å². The zero-order valence-electron chi connectivity index (χ0n) is 26.1. The third kappa shape index (κ3) is 5.26. The molecule has 236 valence electrons. The molecule has 9 nitrogen and oxygen atoms in total. The van der Waals surface area contributed by atoms with Crippen molar-refractivity contribution in [1.29, 1.82) is 0 Å². The molecule has 7 rings (SSSR count). The number of ketones is 1. The Bertz CT molecular complexity index is 2220. The maximum Gasteiger partial charge on any atom is 0.296 e. The number of benzene rings is 4. The summed E-state index contributed by atoms with van der Waals surface area (Å²) in [6.07, 6.45) is 0. The van der Waals surface area contributed by atoms with E-state index in [-0.39, 0.29) is 11.3 Å². The first-order valence-electron chi connectivity index (χ1n) is 14.9. The van der Waals surface area contributed by atoms with Gasteiger partial charge >= 0.3 is 0 Å². The fourth-order valence-corrected chi connectivity index (χ4v) is 7.13. The Labute approximate surface area is 274 Å². The second-order valence-corrected chi connectivity index (χ2v) is 12.3. The van der Waals surface area contributed by atoms with Crippen molar-refractivity contribution in [2.45, 2.75) is 26.5 Å². The minimum absolute atomic E-state index is 0.0451. The highest BCUT2D eigenvalue weighted by Crippen LogP contribution is 2.46. The number of rotatable bonds is 9. The topological polar surface area (TPSA) is 111 Å². The number of amides is 1. The molecule has 10 heteroatoms. The second kappa shape index (κ2) is 12.0. The molecule has 1 N–H and O–H groups in total. The number of aryl methyl sites for hydroxylation is 2. The summed E-state index contributed by atoms with van der Waals surface area (Å²) in [5, 5.41) is 12.4. The molecule has 47 heavy (non-hydrogen) atoms. The van der Waals surface area contributed by atoms with Gasteiger partial charge in [0.2, 0.25) is 5.78 Å². The van der Waals surface area contributed by atoms with Crippen LogP contribution in [0, 0.1) is 13.8 Å². The smallest absolute Gasteiger partial charge is 0.296 e. The van der Waals surface area contributed by atoms with Gasteiger partial charge in [-0.2, -0.15) is 0 Å². The minimum atomic E-state index is -1.05. The van der Waals surface area contributed by atoms with Crippen LogP contribution >= 0.6 is 11.3 Å². The van der Waals surface area contributed by atoms with Gasteiger partial charge in [-0.05, 0) is 66.4 Å². The van der Waals surface area contributed by atoms with Gasteiger partial charge in [-0.1, -0.05) is 65.9 Å². The lowest BCUT2D eigenvalue weighted by Gasteiger charge is -2.25. The van der Waals surface area contributed by atoms with Crippen molar-refractivity contribution < 1.29 is 33.3 Å². The zero-order valence-corrected chi connectivity index (χ0v) is 26.9. The van der Waals surface area contributed by atoms with Crippen LogP contribution in [-0.2, 0) is 11.4 Å². The molecule has 4 aromatic carbocycles. The lowest BCUT2D eigenvalue weighted by molar-refractivity contribution is -0.117. The first-order valence-corrected chi connectivity index (χ1v) is 15.7. The molecule has 2 aromatic heterocycles. The number of aromatic nitrogens is 1. The summed E-state index contributed by atoms with van der Waals surface area (Å²) in [6.45, 7) is 4.27. The third-order valence-electron chi connectivity index (χ3n) is 8.17. The second-order valence-electron chi connectivity index (χ2n) is 11.3. The van der Waals surface area contributed by atoms with Gasteiger partial charge in [0.05, 0.1) is 36.1 Å². The zero-order chi connectivity index (χ0) is 32.8. The standard InChI is InChI=1S/C37H30N2O7S/c1-20-15-21(2)31-29(16-20)47-37(38-31)39-32(23-13-14-25(27(17-23)44-4)45-19-22-9-6-5-7-10-22)30(34(41)36(39)42)33(40)28-18-24-11-8-12-26(43-3)35(24)46-28/h5-18,32,41H,19H2,1-4H3. The highest BCUT2D eigenvalue weighted by atomic mass is 32.1. The number of carbonyl (C=O) groups excluding carboxylic acids is 2. The number of aliphatic hydroxyl groups is 1. The number of fused-ring (bicyclic) bond motifs is 2. The molecule has 0 aliphatic carbocycles. The van der Waals surface area contributed by atoms with Crippen LogP contribution in [0.25, 0.3) is 21.2 Å². The van der Waals surface area contributed by atoms with Crippen LogP contribution in [0.15, 0.2) is 101 Å². The Morgan fingerprint density at radius 3 is 2.49 bits per heavy atom. The average Bonchev–Trinajstić information content (AvgIpc) is 3.78. The molecule has 1 amide bonds. The number of hydrogen-bond acceptors (Lipinski definition) is 9. The molecule has 6 aromatic rings. The van der Waals surface area contributed by atoms with E-state index in [4.69, 9.17) is 23.6 Å². The lowest BCUT2D eigenvalue weighted by atomic mass is 9.95. The minimum Gasteiger partial charge on any atom is -0.503 e. The Morgan fingerprint density at radius 1 is 0.936 bits per heavy atom. The van der Waals surface area contributed by atoms with Gasteiger partial charge in [0, 0.05) is 5.39 Å². The Morgan fingerprint density at radius 2 is 1.72 bits per heavy atom. The number of furan rings is 1. The van der Waals surface area contributed by atoms with Crippen LogP contribution in [0.4, 0.5) is 5.13 Å². The first kappa shape index (κ1) is 30.1. The van der Waals surface area contributed by atoms with Crippen molar-refractivity contribution in [3.8, 4) is 17.2 Å². The molecule has 1 atom stereocenters. The first-order chi connectivity index (χ1) is 22.8. The van der Waals surface area contributed by atoms with Crippen molar-refractivity contribution >= 4 is 49.3 Å². The quantitative estimate of drug-likeness (QED) is 0.157. The highest BCUT2D eigenvalue weighted by molar-refractivity contribution is 7.22. The van der Waals surface area contributed by atoms with Gasteiger partial charge in [-0.3, -0.25) is 14.5 Å². The number of methoxy groups -OCH3 is 2. The number of aliphatic hydroxyl groups excluding tert-OH is 1. The van der Waals surface area contributed by atoms with Gasteiger partial charge in [0.25, 0.3) is 5.91 Å². The van der Waals surface area contributed by atoms with Crippen molar-refractivity contribution in [1.82, 2.24) is 4.98 Å². The molecule has 0 bridgehead atoms. The predicted octanol–water partition coefficient (Wildman–Crippen LogP) is 8.04. The fourth-order valence-electron chi connectivity index (χ4n) is 5.96. The van der Waals surface area contributed by atoms with Gasteiger partial charge in [0.15, 0.2) is 39.5 Å². The van der Waals surface area contributed by atoms with E-state index in [0.717, 1.165) is 26.9 Å². The molecule has 1 aliphatic rings. The van der Waals surface area contributed by atoms with E-state index in [1.54, 1.807) is 42.5 Å². The molecule has 0 saturated heterocycles. The summed E-state index contributed by atoms with van der Waals surface area (Å²) < 4.78 is 24.1. The molecule has 0 spiro atoms. The SMILES string of the molecule is COc1cc(C2C(C(=O)c3cc4cccc(OC)c4o3)=C(O)C(=O)N2c2nc3c(C)cc(C)cc3s2)ccc1OCc1ccccc1. The fraction of sp³-hybridized carbons (Fsp3) is 0.162. The van der Waals surface area contributed by atoms with E-state index in [1.165, 1.54) is 30.5 Å². The maximum absolute atomic E-state index is 14.3. The monoisotopic (exact) mass is 646 g/mol. The molecule has 1 aliphatic heterocycles. The van der Waals surface area contributed by atoms with E-state index in [1.807, 2.05) is 56.3 Å². The van der Waals surface area contributed by atoms with E-state index in [2.05, 4.69) is 0 Å². The largest absolute Gasteiger partial charge is 0.503 e. The number of carbonyl (C=O) groups is 2. The van der Waals surface area contributed by atoms with Crippen LogP contribution < -0.4 is 19.1 Å². The highest BCUT2D eigenvalue weighted by Gasteiger charge is 2.47. The van der Waals surface area contributed by atoms with Crippen molar-refractivity contribution in [2.24, 2.45) is 0 Å². The summed E-state index contributed by atoms with van der Waals surface area (Å²) in [4.78, 5) is 34.4. The van der Waals surface area contributed by atoms with Crippen LogP contribution in [0.5, 0.6) is 17.2 Å². The van der Waals surface area contributed by atoms with Gasteiger partial charge in [-0.25, -0.2) is 4.98 Å².